The molecule has 2 nitrogen and oxygen atoms in total. The predicted octanol–water partition coefficient (Wildman–Crippen LogP) is 4.75. The van der Waals surface area contributed by atoms with Crippen molar-refractivity contribution < 1.29 is 13.5 Å². The predicted molar refractivity (Wildman–Crippen MR) is 86.5 cm³/mol. The average molecular weight is 338 g/mol. The van der Waals surface area contributed by atoms with E-state index in [0.717, 1.165) is 12.1 Å². The van der Waals surface area contributed by atoms with Gasteiger partial charge in [-0.2, -0.15) is 0 Å². The number of rotatable bonds is 3. The highest BCUT2D eigenvalue weighted by atomic mass is 35.5. The third kappa shape index (κ3) is 3.55. The minimum atomic E-state index is -0.442. The first kappa shape index (κ1) is 16.4. The van der Waals surface area contributed by atoms with E-state index in [1.807, 2.05) is 13.0 Å². The van der Waals surface area contributed by atoms with Crippen LogP contribution < -0.4 is 0 Å². The molecule has 3 rings (SSSR count). The van der Waals surface area contributed by atoms with Crippen LogP contribution in [0.25, 0.3) is 0 Å². The van der Waals surface area contributed by atoms with Gasteiger partial charge in [0, 0.05) is 24.7 Å². The molecule has 0 saturated carbocycles. The van der Waals surface area contributed by atoms with Crippen LogP contribution in [-0.2, 0) is 4.74 Å². The maximum absolute atomic E-state index is 14.0. The SMILES string of the molecule is CC(c1ccccc1F)N1CCOC(c2ccc(F)c(Cl)c2)C1. The minimum Gasteiger partial charge on any atom is -0.371 e. The summed E-state index contributed by atoms with van der Waals surface area (Å²) in [5, 5.41) is 0.0883. The Labute approximate surface area is 139 Å². The van der Waals surface area contributed by atoms with Crippen molar-refractivity contribution in [2.45, 2.75) is 19.1 Å². The molecular formula is C18H18ClF2NO. The quantitative estimate of drug-likeness (QED) is 0.801. The van der Waals surface area contributed by atoms with Gasteiger partial charge in [-0.05, 0) is 30.7 Å². The van der Waals surface area contributed by atoms with Crippen LogP contribution in [0.1, 0.15) is 30.2 Å². The van der Waals surface area contributed by atoms with Gasteiger partial charge < -0.3 is 4.74 Å². The molecule has 0 spiro atoms. The summed E-state index contributed by atoms with van der Waals surface area (Å²) in [4.78, 5) is 2.17. The smallest absolute Gasteiger partial charge is 0.141 e. The van der Waals surface area contributed by atoms with Crippen molar-refractivity contribution in [2.24, 2.45) is 0 Å². The van der Waals surface area contributed by atoms with Gasteiger partial charge in [0.2, 0.25) is 0 Å². The standard InChI is InChI=1S/C18H18ClF2NO/c1-12(14-4-2-3-5-16(14)20)22-8-9-23-18(11-22)13-6-7-17(21)15(19)10-13/h2-7,10,12,18H,8-9,11H2,1H3. The molecule has 0 amide bonds. The molecule has 0 N–H and O–H groups in total. The van der Waals surface area contributed by atoms with Gasteiger partial charge >= 0.3 is 0 Å². The van der Waals surface area contributed by atoms with Gasteiger partial charge in [0.15, 0.2) is 0 Å². The first-order valence-electron chi connectivity index (χ1n) is 7.61. The van der Waals surface area contributed by atoms with Gasteiger partial charge in [-0.1, -0.05) is 35.9 Å². The number of hydrogen-bond donors (Lipinski definition) is 0. The maximum Gasteiger partial charge on any atom is 0.141 e. The van der Waals surface area contributed by atoms with Gasteiger partial charge in [0.1, 0.15) is 11.6 Å². The second-order valence-electron chi connectivity index (χ2n) is 5.73. The van der Waals surface area contributed by atoms with E-state index >= 15 is 0 Å². The summed E-state index contributed by atoms with van der Waals surface area (Å²) in [6.07, 6.45) is -0.198. The number of halogens is 3. The summed E-state index contributed by atoms with van der Waals surface area (Å²) >= 11 is 5.85. The lowest BCUT2D eigenvalue weighted by molar-refractivity contribution is -0.0435. The molecule has 1 aliphatic heterocycles. The molecule has 1 heterocycles. The molecule has 0 bridgehead atoms. The van der Waals surface area contributed by atoms with Crippen LogP contribution in [0.2, 0.25) is 5.02 Å². The molecule has 1 fully saturated rings. The van der Waals surface area contributed by atoms with Crippen LogP contribution in [-0.4, -0.2) is 24.6 Å². The molecule has 1 saturated heterocycles. The molecule has 5 heteroatoms. The first-order valence-corrected chi connectivity index (χ1v) is 7.99. The van der Waals surface area contributed by atoms with Crippen LogP contribution >= 0.6 is 11.6 Å². The molecule has 0 aromatic heterocycles. The summed E-state index contributed by atoms with van der Waals surface area (Å²) in [6.45, 7) is 3.86. The Morgan fingerprint density at radius 3 is 2.70 bits per heavy atom. The zero-order valence-electron chi connectivity index (χ0n) is 12.8. The maximum atomic E-state index is 14.0. The Morgan fingerprint density at radius 1 is 1.17 bits per heavy atom. The molecule has 2 atom stereocenters. The Hall–Kier alpha value is -1.49. The van der Waals surface area contributed by atoms with Gasteiger partial charge in [0.25, 0.3) is 0 Å². The Balaban J connectivity index is 1.78. The highest BCUT2D eigenvalue weighted by molar-refractivity contribution is 6.30. The minimum absolute atomic E-state index is 0.0569. The largest absolute Gasteiger partial charge is 0.371 e. The van der Waals surface area contributed by atoms with E-state index < -0.39 is 5.82 Å². The molecular weight excluding hydrogens is 320 g/mol. The lowest BCUT2D eigenvalue weighted by atomic mass is 10.0. The second kappa shape index (κ2) is 6.95. The van der Waals surface area contributed by atoms with Gasteiger partial charge in [-0.3, -0.25) is 4.90 Å². The molecule has 2 aromatic rings. The van der Waals surface area contributed by atoms with Crippen LogP contribution in [0.15, 0.2) is 42.5 Å². The lowest BCUT2D eigenvalue weighted by Gasteiger charge is -2.37. The zero-order chi connectivity index (χ0) is 16.4. The molecule has 0 aliphatic carbocycles. The zero-order valence-corrected chi connectivity index (χ0v) is 13.6. The molecule has 122 valence electrons. The summed E-state index contributed by atoms with van der Waals surface area (Å²) in [5.74, 6) is -0.643. The average Bonchev–Trinajstić information content (AvgIpc) is 2.57. The van der Waals surface area contributed by atoms with Gasteiger partial charge in [-0.25, -0.2) is 8.78 Å². The second-order valence-corrected chi connectivity index (χ2v) is 6.13. The summed E-state index contributed by atoms with van der Waals surface area (Å²) in [6, 6.07) is 11.4. The van der Waals surface area contributed by atoms with E-state index in [-0.39, 0.29) is 23.0 Å². The van der Waals surface area contributed by atoms with Crippen molar-refractivity contribution >= 4 is 11.6 Å². The fourth-order valence-electron chi connectivity index (χ4n) is 2.95. The molecule has 2 unspecified atom stereocenters. The van der Waals surface area contributed by atoms with E-state index in [4.69, 9.17) is 16.3 Å². The van der Waals surface area contributed by atoms with Crippen LogP contribution in [0.3, 0.4) is 0 Å². The van der Waals surface area contributed by atoms with E-state index in [9.17, 15) is 8.78 Å². The number of benzene rings is 2. The van der Waals surface area contributed by atoms with Crippen molar-refractivity contribution in [3.8, 4) is 0 Å². The van der Waals surface area contributed by atoms with Crippen LogP contribution in [0, 0.1) is 11.6 Å². The van der Waals surface area contributed by atoms with E-state index in [0.29, 0.717) is 18.7 Å². The van der Waals surface area contributed by atoms with Crippen LogP contribution in [0.5, 0.6) is 0 Å². The van der Waals surface area contributed by atoms with Gasteiger partial charge in [0.05, 0.1) is 17.7 Å². The summed E-state index contributed by atoms with van der Waals surface area (Å²) in [7, 11) is 0. The van der Waals surface area contributed by atoms with E-state index in [1.54, 1.807) is 24.3 Å². The summed E-state index contributed by atoms with van der Waals surface area (Å²) < 4.78 is 33.1. The molecule has 1 aliphatic rings. The normalized spacial score (nSPS) is 20.4. The number of nitrogens with zero attached hydrogens (tertiary/aromatic N) is 1. The molecule has 2 aromatic carbocycles. The Morgan fingerprint density at radius 2 is 1.96 bits per heavy atom. The molecule has 23 heavy (non-hydrogen) atoms. The third-order valence-corrected chi connectivity index (χ3v) is 4.61. The monoisotopic (exact) mass is 337 g/mol. The first-order chi connectivity index (χ1) is 11.1. The van der Waals surface area contributed by atoms with Gasteiger partial charge in [-0.15, -0.1) is 0 Å². The van der Waals surface area contributed by atoms with Crippen molar-refractivity contribution in [1.82, 2.24) is 4.90 Å². The van der Waals surface area contributed by atoms with Crippen LogP contribution in [0.4, 0.5) is 8.78 Å². The number of morpholine rings is 1. The Bertz CT molecular complexity index is 694. The molecule has 0 radical (unpaired) electrons. The van der Waals surface area contributed by atoms with Crippen molar-refractivity contribution in [2.75, 3.05) is 19.7 Å². The highest BCUT2D eigenvalue weighted by Crippen LogP contribution is 2.31. The third-order valence-electron chi connectivity index (χ3n) is 4.32. The number of hydrogen-bond acceptors (Lipinski definition) is 2. The van der Waals surface area contributed by atoms with Crippen molar-refractivity contribution in [1.29, 1.82) is 0 Å². The fraction of sp³-hybridized carbons (Fsp3) is 0.333. The van der Waals surface area contributed by atoms with E-state index in [1.165, 1.54) is 12.1 Å². The fourth-order valence-corrected chi connectivity index (χ4v) is 3.13. The number of ether oxygens (including phenoxy) is 1. The van der Waals surface area contributed by atoms with Crippen molar-refractivity contribution in [3.63, 3.8) is 0 Å². The summed E-state index contributed by atoms with van der Waals surface area (Å²) in [5.41, 5.74) is 1.51. The lowest BCUT2D eigenvalue weighted by Crippen LogP contribution is -2.40. The highest BCUT2D eigenvalue weighted by Gasteiger charge is 2.27. The Kier molecular flexibility index (Phi) is 4.95. The van der Waals surface area contributed by atoms with Crippen molar-refractivity contribution in [3.05, 3.63) is 70.2 Å². The topological polar surface area (TPSA) is 12.5 Å². The van der Waals surface area contributed by atoms with E-state index in [2.05, 4.69) is 4.90 Å².